The predicted molar refractivity (Wildman–Crippen MR) is 123 cm³/mol. The number of piperidine rings is 1. The van der Waals surface area contributed by atoms with Gasteiger partial charge in [-0.1, -0.05) is 30.3 Å². The molecule has 5 nitrogen and oxygen atoms in total. The summed E-state index contributed by atoms with van der Waals surface area (Å²) in [6.07, 6.45) is 4.63. The number of amides is 1. The third-order valence-electron chi connectivity index (χ3n) is 6.62. The van der Waals surface area contributed by atoms with E-state index in [0.29, 0.717) is 17.7 Å². The first-order chi connectivity index (χ1) is 13.2. The van der Waals surface area contributed by atoms with Crippen molar-refractivity contribution in [3.8, 4) is 0 Å². The number of carbonyl (C=O) groups excluding carboxylic acids is 1. The Morgan fingerprint density at radius 1 is 0.931 bits per heavy atom. The van der Waals surface area contributed by atoms with Crippen LogP contribution in [0.1, 0.15) is 31.2 Å². The maximum atomic E-state index is 12.4. The smallest absolute Gasteiger partial charge is 0.223 e. The fourth-order valence-corrected chi connectivity index (χ4v) is 5.16. The van der Waals surface area contributed by atoms with Gasteiger partial charge in [-0.15, -0.1) is 24.8 Å². The summed E-state index contributed by atoms with van der Waals surface area (Å²) in [5.74, 6) is 0.340. The molecule has 1 atom stereocenters. The molecule has 1 amide bonds. The van der Waals surface area contributed by atoms with Gasteiger partial charge in [-0.2, -0.15) is 0 Å². The van der Waals surface area contributed by atoms with Crippen LogP contribution < -0.4 is 5.32 Å². The SMILES string of the molecule is Cl.Cl.O=C(CCN1CCC2(CCCN(Cc3ccccc3)C2)C1)N1CCNCC1. The van der Waals surface area contributed by atoms with Crippen LogP contribution in [0, 0.1) is 5.41 Å². The number of likely N-dealkylation sites (tertiary alicyclic amines) is 2. The maximum absolute atomic E-state index is 12.4. The maximum Gasteiger partial charge on any atom is 0.223 e. The summed E-state index contributed by atoms with van der Waals surface area (Å²) in [5, 5.41) is 3.32. The van der Waals surface area contributed by atoms with Crippen molar-refractivity contribution < 1.29 is 4.79 Å². The third-order valence-corrected chi connectivity index (χ3v) is 6.62. The molecule has 0 bridgehead atoms. The van der Waals surface area contributed by atoms with E-state index >= 15 is 0 Å². The molecule has 3 saturated heterocycles. The van der Waals surface area contributed by atoms with Gasteiger partial charge in [-0.3, -0.25) is 9.69 Å². The second kappa shape index (κ2) is 11.5. The number of benzene rings is 1. The van der Waals surface area contributed by atoms with E-state index in [-0.39, 0.29) is 24.8 Å². The third kappa shape index (κ3) is 6.56. The Kier molecular flexibility index (Phi) is 9.70. The summed E-state index contributed by atoms with van der Waals surface area (Å²) in [7, 11) is 0. The van der Waals surface area contributed by atoms with E-state index in [1.54, 1.807) is 0 Å². The molecule has 164 valence electrons. The highest BCUT2D eigenvalue weighted by molar-refractivity contribution is 5.85. The number of hydrogen-bond donors (Lipinski definition) is 1. The Morgan fingerprint density at radius 2 is 1.66 bits per heavy atom. The van der Waals surface area contributed by atoms with Gasteiger partial charge in [0, 0.05) is 58.8 Å². The van der Waals surface area contributed by atoms with Crippen LogP contribution in [-0.4, -0.2) is 79.5 Å². The Balaban J connectivity index is 0.00000150. The van der Waals surface area contributed by atoms with Crippen LogP contribution in [-0.2, 0) is 11.3 Å². The summed E-state index contributed by atoms with van der Waals surface area (Å²) < 4.78 is 0. The van der Waals surface area contributed by atoms with E-state index in [9.17, 15) is 4.79 Å². The highest BCUT2D eigenvalue weighted by Crippen LogP contribution is 2.39. The number of halogens is 2. The molecule has 0 radical (unpaired) electrons. The minimum atomic E-state index is 0. The summed E-state index contributed by atoms with van der Waals surface area (Å²) in [4.78, 5) is 19.7. The molecule has 1 N–H and O–H groups in total. The summed E-state index contributed by atoms with van der Waals surface area (Å²) in [6, 6.07) is 10.9. The van der Waals surface area contributed by atoms with E-state index in [2.05, 4.69) is 45.4 Å². The highest BCUT2D eigenvalue weighted by Gasteiger charge is 2.41. The van der Waals surface area contributed by atoms with E-state index in [4.69, 9.17) is 0 Å². The number of hydrogen-bond acceptors (Lipinski definition) is 4. The highest BCUT2D eigenvalue weighted by atomic mass is 35.5. The van der Waals surface area contributed by atoms with Gasteiger partial charge in [0.1, 0.15) is 0 Å². The normalized spacial score (nSPS) is 25.4. The van der Waals surface area contributed by atoms with Crippen LogP contribution in [0.5, 0.6) is 0 Å². The number of nitrogens with zero attached hydrogens (tertiary/aromatic N) is 3. The van der Waals surface area contributed by atoms with Crippen LogP contribution in [0.2, 0.25) is 0 Å². The van der Waals surface area contributed by atoms with Gasteiger partial charge in [0.25, 0.3) is 0 Å². The fraction of sp³-hybridized carbons (Fsp3) is 0.682. The molecule has 7 heteroatoms. The van der Waals surface area contributed by atoms with Gasteiger partial charge in [0.15, 0.2) is 0 Å². The molecule has 3 aliphatic rings. The summed E-state index contributed by atoms with van der Waals surface area (Å²) >= 11 is 0. The first kappa shape index (κ1) is 24.4. The van der Waals surface area contributed by atoms with Gasteiger partial charge in [-0.25, -0.2) is 0 Å². The zero-order chi connectivity index (χ0) is 18.5. The van der Waals surface area contributed by atoms with Crippen molar-refractivity contribution in [2.45, 2.75) is 32.2 Å². The lowest BCUT2D eigenvalue weighted by atomic mass is 9.79. The quantitative estimate of drug-likeness (QED) is 0.760. The van der Waals surface area contributed by atoms with E-state index in [0.717, 1.165) is 45.8 Å². The molecule has 0 aromatic heterocycles. The molecule has 4 rings (SSSR count). The molecule has 29 heavy (non-hydrogen) atoms. The van der Waals surface area contributed by atoms with Crippen LogP contribution in [0.15, 0.2) is 30.3 Å². The molecule has 0 aliphatic carbocycles. The average molecular weight is 443 g/mol. The minimum absolute atomic E-state index is 0. The number of rotatable bonds is 5. The van der Waals surface area contributed by atoms with Crippen molar-refractivity contribution in [2.75, 3.05) is 58.9 Å². The second-order valence-electron chi connectivity index (χ2n) is 8.71. The van der Waals surface area contributed by atoms with E-state index in [1.165, 1.54) is 44.5 Å². The monoisotopic (exact) mass is 442 g/mol. The van der Waals surface area contributed by atoms with Crippen molar-refractivity contribution in [2.24, 2.45) is 5.41 Å². The molecule has 1 unspecified atom stereocenters. The average Bonchev–Trinajstić information content (AvgIpc) is 3.09. The molecule has 0 saturated carbocycles. The standard InChI is InChI=1S/C22H34N4O.2ClH/c27-21(26-15-10-23-11-16-26)7-13-24-14-9-22(18-24)8-4-12-25(19-22)17-20-5-2-1-3-6-20;;/h1-3,5-6,23H,4,7-19H2;2*1H. The van der Waals surface area contributed by atoms with Gasteiger partial charge in [0.2, 0.25) is 5.91 Å². The topological polar surface area (TPSA) is 38.8 Å². The zero-order valence-corrected chi connectivity index (χ0v) is 19.0. The van der Waals surface area contributed by atoms with Crippen molar-refractivity contribution in [3.05, 3.63) is 35.9 Å². The van der Waals surface area contributed by atoms with Crippen molar-refractivity contribution in [1.29, 1.82) is 0 Å². The molecule has 3 aliphatic heterocycles. The molecule has 3 heterocycles. The van der Waals surface area contributed by atoms with Crippen LogP contribution in [0.25, 0.3) is 0 Å². The van der Waals surface area contributed by atoms with Gasteiger partial charge in [-0.05, 0) is 43.3 Å². The van der Waals surface area contributed by atoms with Crippen molar-refractivity contribution >= 4 is 30.7 Å². The molecular weight excluding hydrogens is 407 g/mol. The zero-order valence-electron chi connectivity index (χ0n) is 17.4. The van der Waals surface area contributed by atoms with Crippen LogP contribution >= 0.6 is 24.8 Å². The van der Waals surface area contributed by atoms with E-state index in [1.807, 2.05) is 4.90 Å². The Hall–Kier alpha value is -0.850. The fourth-order valence-electron chi connectivity index (χ4n) is 5.16. The number of piperazine rings is 1. The predicted octanol–water partition coefficient (Wildman–Crippen LogP) is 2.64. The lowest BCUT2D eigenvalue weighted by molar-refractivity contribution is -0.132. The largest absolute Gasteiger partial charge is 0.340 e. The molecule has 1 aromatic rings. The van der Waals surface area contributed by atoms with Crippen molar-refractivity contribution in [3.63, 3.8) is 0 Å². The molecule has 3 fully saturated rings. The molecule has 1 aromatic carbocycles. The summed E-state index contributed by atoms with van der Waals surface area (Å²) in [6.45, 7) is 10.4. The molecule has 1 spiro atoms. The van der Waals surface area contributed by atoms with Crippen LogP contribution in [0.4, 0.5) is 0 Å². The van der Waals surface area contributed by atoms with Gasteiger partial charge >= 0.3 is 0 Å². The minimum Gasteiger partial charge on any atom is -0.340 e. The first-order valence-electron chi connectivity index (χ1n) is 10.7. The Morgan fingerprint density at radius 3 is 2.41 bits per heavy atom. The first-order valence-corrected chi connectivity index (χ1v) is 10.7. The lowest BCUT2D eigenvalue weighted by Gasteiger charge is -2.40. The molecular formula is C22H36Cl2N4O. The number of carbonyl (C=O) groups is 1. The summed E-state index contributed by atoms with van der Waals surface area (Å²) in [5.41, 5.74) is 1.87. The lowest BCUT2D eigenvalue weighted by Crippen LogP contribution is -2.47. The Bertz CT molecular complexity index is 626. The second-order valence-corrected chi connectivity index (χ2v) is 8.71. The van der Waals surface area contributed by atoms with E-state index < -0.39 is 0 Å². The Labute approximate surface area is 188 Å². The van der Waals surface area contributed by atoms with Gasteiger partial charge < -0.3 is 15.1 Å². The number of nitrogens with one attached hydrogen (secondary N) is 1. The van der Waals surface area contributed by atoms with Gasteiger partial charge in [0.05, 0.1) is 0 Å². The van der Waals surface area contributed by atoms with Crippen molar-refractivity contribution in [1.82, 2.24) is 20.0 Å². The van der Waals surface area contributed by atoms with Crippen LogP contribution in [0.3, 0.4) is 0 Å².